The van der Waals surface area contributed by atoms with Gasteiger partial charge in [-0.3, -0.25) is 20.2 Å². The minimum absolute atomic E-state index is 0.167. The molecular weight excluding hydrogens is 450 g/mol. The van der Waals surface area contributed by atoms with Gasteiger partial charge in [0.15, 0.2) is 0 Å². The lowest BCUT2D eigenvalue weighted by Gasteiger charge is -2.27. The Kier molecular flexibility index (Phi) is 6.73. The van der Waals surface area contributed by atoms with Crippen LogP contribution in [0.2, 0.25) is 0 Å². The molecule has 33 heavy (non-hydrogen) atoms. The van der Waals surface area contributed by atoms with Crippen LogP contribution in [0.1, 0.15) is 11.1 Å². The highest BCUT2D eigenvalue weighted by Crippen LogP contribution is 2.56. The van der Waals surface area contributed by atoms with Crippen LogP contribution in [-0.4, -0.2) is 27.3 Å². The zero-order valence-electron chi connectivity index (χ0n) is 17.6. The molecule has 0 fully saturated rings. The highest BCUT2D eigenvalue weighted by Gasteiger charge is 2.35. The maximum Gasteiger partial charge on any atom is 0.324 e. The fraction of sp³-hybridized carbons (Fsp3) is 0.0909. The Bertz CT molecular complexity index is 1250. The quantitative estimate of drug-likeness (QED) is 0.254. The molecule has 0 radical (unpaired) electrons. The number of rotatable bonds is 8. The Morgan fingerprint density at radius 1 is 0.848 bits per heavy atom. The first kappa shape index (κ1) is 23.4. The average Bonchev–Trinajstić information content (AvgIpc) is 2.78. The van der Waals surface area contributed by atoms with Gasteiger partial charge in [-0.15, -0.1) is 0 Å². The van der Waals surface area contributed by atoms with E-state index in [9.17, 15) is 30.2 Å². The maximum absolute atomic E-state index is 12.9. The van der Waals surface area contributed by atoms with Gasteiger partial charge in [-0.05, 0) is 17.2 Å². The largest absolute Gasteiger partial charge is 0.863 e. The molecule has 3 aromatic rings. The fourth-order valence-corrected chi connectivity index (χ4v) is 4.65. The second-order valence-electron chi connectivity index (χ2n) is 7.18. The molecule has 0 aliphatic heterocycles. The molecule has 0 saturated heterocycles. The lowest BCUT2D eigenvalue weighted by molar-refractivity contribution is -0.698. The SMILES string of the molecule is CS(C)(O[N+](=O)c1cc([N+](=O)[O-])cc([N+](=O)[O-])c1[O-])/C(=C\c1ccccc1)c1ccccc1. The third-order valence-corrected chi connectivity index (χ3v) is 6.50. The lowest BCUT2D eigenvalue weighted by atomic mass is 10.1. The molecular formula is C22H19N3O7S. The monoisotopic (exact) mass is 469 g/mol. The molecule has 0 aliphatic carbocycles. The van der Waals surface area contributed by atoms with E-state index in [1.165, 1.54) is 0 Å². The van der Waals surface area contributed by atoms with Gasteiger partial charge in [0.25, 0.3) is 16.3 Å². The van der Waals surface area contributed by atoms with Gasteiger partial charge in [0.2, 0.25) is 0 Å². The number of non-ortho nitro benzene ring substituents is 1. The Morgan fingerprint density at radius 3 is 1.94 bits per heavy atom. The summed E-state index contributed by atoms with van der Waals surface area (Å²) in [5.41, 5.74) is -1.09. The molecule has 0 aromatic heterocycles. The third kappa shape index (κ3) is 5.33. The summed E-state index contributed by atoms with van der Waals surface area (Å²) >= 11 is 0. The van der Waals surface area contributed by atoms with Crippen LogP contribution in [0.4, 0.5) is 17.1 Å². The van der Waals surface area contributed by atoms with Crippen molar-refractivity contribution in [1.82, 2.24) is 0 Å². The van der Waals surface area contributed by atoms with Gasteiger partial charge in [0, 0.05) is 27.7 Å². The molecule has 0 bridgehead atoms. The summed E-state index contributed by atoms with van der Waals surface area (Å²) < 4.78 is 5.61. The van der Waals surface area contributed by atoms with E-state index in [1.54, 1.807) is 12.5 Å². The number of nitro benzene ring substituents is 2. The van der Waals surface area contributed by atoms with E-state index < -0.39 is 43.0 Å². The first-order valence-electron chi connectivity index (χ1n) is 9.46. The van der Waals surface area contributed by atoms with Crippen LogP contribution in [-0.2, 0) is 4.28 Å². The van der Waals surface area contributed by atoms with Crippen molar-refractivity contribution in [3.63, 3.8) is 0 Å². The fourth-order valence-electron chi connectivity index (χ4n) is 3.02. The average molecular weight is 469 g/mol. The van der Waals surface area contributed by atoms with E-state index in [1.807, 2.05) is 66.7 Å². The molecule has 10 nitrogen and oxygen atoms in total. The molecule has 0 saturated carbocycles. The van der Waals surface area contributed by atoms with Crippen molar-refractivity contribution in [3.05, 3.63) is 109 Å². The van der Waals surface area contributed by atoms with Gasteiger partial charge in [-0.1, -0.05) is 60.7 Å². The summed E-state index contributed by atoms with van der Waals surface area (Å²) in [6.07, 6.45) is 5.17. The molecule has 0 heterocycles. The van der Waals surface area contributed by atoms with Gasteiger partial charge >= 0.3 is 5.69 Å². The van der Waals surface area contributed by atoms with Crippen molar-refractivity contribution < 1.29 is 24.2 Å². The smallest absolute Gasteiger partial charge is 0.324 e. The van der Waals surface area contributed by atoms with Crippen LogP contribution in [0.25, 0.3) is 11.0 Å². The maximum atomic E-state index is 12.9. The van der Waals surface area contributed by atoms with Crippen molar-refractivity contribution in [3.8, 4) is 5.75 Å². The van der Waals surface area contributed by atoms with Gasteiger partial charge in [-0.25, -0.2) is 0 Å². The summed E-state index contributed by atoms with van der Waals surface area (Å²) in [6, 6.07) is 19.6. The minimum atomic E-state index is -2.41. The van der Waals surface area contributed by atoms with Crippen LogP contribution >= 0.6 is 10.3 Å². The van der Waals surface area contributed by atoms with Crippen molar-refractivity contribution in [2.45, 2.75) is 0 Å². The van der Waals surface area contributed by atoms with Gasteiger partial charge in [0.1, 0.15) is 0 Å². The number of nitro groups is 2. The summed E-state index contributed by atoms with van der Waals surface area (Å²) in [6.45, 7) is 0. The highest BCUT2D eigenvalue weighted by atomic mass is 32.3. The molecule has 0 N–H and O–H groups in total. The summed E-state index contributed by atoms with van der Waals surface area (Å²) in [5, 5.41) is 34.8. The Labute approximate surface area is 190 Å². The first-order chi connectivity index (χ1) is 15.6. The Morgan fingerprint density at radius 2 is 1.39 bits per heavy atom. The molecule has 0 aliphatic rings. The van der Waals surface area contributed by atoms with E-state index in [0.717, 1.165) is 11.1 Å². The van der Waals surface area contributed by atoms with Crippen LogP contribution in [0, 0.1) is 25.1 Å². The highest BCUT2D eigenvalue weighted by molar-refractivity contribution is 8.36. The zero-order valence-corrected chi connectivity index (χ0v) is 18.4. The number of hydrogen-bond donors (Lipinski definition) is 0. The topological polar surface area (TPSA) is 139 Å². The predicted octanol–water partition coefficient (Wildman–Crippen LogP) is 5.10. The molecule has 0 atom stereocenters. The van der Waals surface area contributed by atoms with E-state index in [-0.39, 0.29) is 4.92 Å². The van der Waals surface area contributed by atoms with Gasteiger partial charge < -0.3 is 5.11 Å². The summed E-state index contributed by atoms with van der Waals surface area (Å²) in [4.78, 5) is 33.7. The van der Waals surface area contributed by atoms with E-state index in [0.29, 0.717) is 17.0 Å². The van der Waals surface area contributed by atoms with Crippen LogP contribution in [0.15, 0.2) is 72.8 Å². The Balaban J connectivity index is 2.06. The third-order valence-electron chi connectivity index (χ3n) is 4.58. The van der Waals surface area contributed by atoms with Crippen LogP contribution in [0.5, 0.6) is 5.75 Å². The molecule has 0 spiro atoms. The van der Waals surface area contributed by atoms with Gasteiger partial charge in [-0.2, -0.15) is 4.28 Å². The second kappa shape index (κ2) is 9.49. The van der Waals surface area contributed by atoms with E-state index in [4.69, 9.17) is 4.28 Å². The minimum Gasteiger partial charge on any atom is -0.863 e. The van der Waals surface area contributed by atoms with Gasteiger partial charge in [0.05, 0.1) is 32.6 Å². The molecule has 11 heteroatoms. The second-order valence-corrected chi connectivity index (χ2v) is 10.2. The van der Waals surface area contributed by atoms with Crippen molar-refractivity contribution in [1.29, 1.82) is 0 Å². The molecule has 3 rings (SSSR count). The predicted molar refractivity (Wildman–Crippen MR) is 124 cm³/mol. The number of nitrogens with zero attached hydrogens (tertiary/aromatic N) is 3. The molecule has 3 aromatic carbocycles. The first-order valence-corrected chi connectivity index (χ1v) is 11.8. The molecule has 0 amide bonds. The summed E-state index contributed by atoms with van der Waals surface area (Å²) in [7, 11) is -2.41. The Hall–Kier alpha value is -4.25. The normalized spacial score (nSPS) is 12.1. The van der Waals surface area contributed by atoms with Crippen molar-refractivity contribution in [2.24, 2.45) is 0 Å². The number of hydrogen-bond acceptors (Lipinski definition) is 7. The van der Waals surface area contributed by atoms with Crippen LogP contribution < -0.4 is 5.11 Å². The standard InChI is InChI=1S/C22H19N3O7S/c1-33(2,21(17-11-7-4-8-12-17)13-16-9-5-3-6-10-16)32-25(31)20-15-18(23(27)28)14-19(22(20)26)24(29)30/h3-15H,1-2H3/b21-13-. The summed E-state index contributed by atoms with van der Waals surface area (Å²) in [5.74, 6) is -1.27. The lowest BCUT2D eigenvalue weighted by Crippen LogP contribution is -2.13. The molecule has 0 unspecified atom stereocenters. The van der Waals surface area contributed by atoms with Crippen molar-refractivity contribution >= 4 is 38.4 Å². The zero-order chi connectivity index (χ0) is 24.2. The van der Waals surface area contributed by atoms with Crippen molar-refractivity contribution in [2.75, 3.05) is 12.5 Å². The van der Waals surface area contributed by atoms with E-state index >= 15 is 0 Å². The molecule has 170 valence electrons. The number of benzene rings is 3. The van der Waals surface area contributed by atoms with Crippen LogP contribution in [0.3, 0.4) is 0 Å². The van der Waals surface area contributed by atoms with E-state index in [2.05, 4.69) is 0 Å².